The highest BCUT2D eigenvalue weighted by Gasteiger charge is 2.32. The molecule has 7 heteroatoms. The number of nitrogens with one attached hydrogen (secondary N) is 1. The van der Waals surface area contributed by atoms with Gasteiger partial charge in [-0.2, -0.15) is 0 Å². The zero-order valence-corrected chi connectivity index (χ0v) is 16.7. The van der Waals surface area contributed by atoms with E-state index in [1.165, 1.54) is 11.3 Å². The van der Waals surface area contributed by atoms with Gasteiger partial charge in [0.2, 0.25) is 5.91 Å². The number of aliphatic imine (C=N–C) groups is 1. The number of anilines is 1. The Morgan fingerprint density at radius 3 is 2.82 bits per heavy atom. The van der Waals surface area contributed by atoms with E-state index in [1.54, 1.807) is 18.3 Å². The van der Waals surface area contributed by atoms with Crippen molar-refractivity contribution in [1.82, 2.24) is 10.3 Å². The molecule has 1 aliphatic rings. The van der Waals surface area contributed by atoms with Gasteiger partial charge < -0.3 is 10.1 Å². The number of hydrogen-bond acceptors (Lipinski definition) is 6. The Kier molecular flexibility index (Phi) is 5.00. The second-order valence-electron chi connectivity index (χ2n) is 7.15. The molecule has 1 unspecified atom stereocenters. The Morgan fingerprint density at radius 2 is 2.11 bits per heavy atom. The molecular formula is C21H22N4O2S. The summed E-state index contributed by atoms with van der Waals surface area (Å²) in [6, 6.07) is 15.6. The van der Waals surface area contributed by atoms with E-state index in [0.29, 0.717) is 24.6 Å². The molecule has 4 rings (SSSR count). The first kappa shape index (κ1) is 18.4. The first-order chi connectivity index (χ1) is 13.6. The van der Waals surface area contributed by atoms with Crippen LogP contribution in [0.5, 0.6) is 5.75 Å². The quantitative estimate of drug-likeness (QED) is 0.697. The van der Waals surface area contributed by atoms with Gasteiger partial charge in [0.25, 0.3) is 0 Å². The molecule has 28 heavy (non-hydrogen) atoms. The highest BCUT2D eigenvalue weighted by atomic mass is 32.1. The number of benzene rings is 2. The number of rotatable bonds is 6. The van der Waals surface area contributed by atoms with Crippen LogP contribution >= 0.6 is 11.3 Å². The molecule has 1 N–H and O–H groups in total. The summed E-state index contributed by atoms with van der Waals surface area (Å²) in [5.41, 5.74) is 1.54. The molecule has 0 radical (unpaired) electrons. The standard InChI is InChI=1S/C21H22N4O2S/c1-21(12-22-14-23-21)13-25(19(26)10-15-6-4-3-5-7-15)20-24-17-9-8-16(27-2)11-18(17)28-20/h3-9,11,14H,10,12-13H2,1-2H3,(H,22,23). The number of fused-ring (bicyclic) bond motifs is 1. The number of nitrogens with zero attached hydrogens (tertiary/aromatic N) is 3. The number of amides is 1. The zero-order valence-electron chi connectivity index (χ0n) is 15.9. The first-order valence-corrected chi connectivity index (χ1v) is 9.93. The van der Waals surface area contributed by atoms with Crippen LogP contribution in [0, 0.1) is 0 Å². The Morgan fingerprint density at radius 1 is 1.29 bits per heavy atom. The first-order valence-electron chi connectivity index (χ1n) is 9.11. The summed E-state index contributed by atoms with van der Waals surface area (Å²) in [5.74, 6) is 0.801. The Bertz CT molecular complexity index is 1010. The van der Waals surface area contributed by atoms with Gasteiger partial charge in [-0.25, -0.2) is 4.98 Å². The summed E-state index contributed by atoms with van der Waals surface area (Å²) < 4.78 is 6.31. The summed E-state index contributed by atoms with van der Waals surface area (Å²) in [5, 5.41) is 3.97. The third-order valence-corrected chi connectivity index (χ3v) is 5.81. The Balaban J connectivity index is 1.66. The van der Waals surface area contributed by atoms with Crippen molar-refractivity contribution >= 4 is 38.9 Å². The van der Waals surface area contributed by atoms with Crippen LogP contribution in [-0.2, 0) is 11.2 Å². The Labute approximate surface area is 167 Å². The van der Waals surface area contributed by atoms with Crippen LogP contribution in [0.4, 0.5) is 5.13 Å². The van der Waals surface area contributed by atoms with Crippen molar-refractivity contribution < 1.29 is 9.53 Å². The fourth-order valence-corrected chi connectivity index (χ4v) is 4.21. The number of ether oxygens (including phenoxy) is 1. The summed E-state index contributed by atoms with van der Waals surface area (Å²) >= 11 is 1.50. The summed E-state index contributed by atoms with van der Waals surface area (Å²) in [4.78, 5) is 24.0. The molecule has 0 fully saturated rings. The van der Waals surface area contributed by atoms with Gasteiger partial charge in [-0.1, -0.05) is 41.7 Å². The predicted octanol–water partition coefficient (Wildman–Crippen LogP) is 3.27. The van der Waals surface area contributed by atoms with E-state index in [2.05, 4.69) is 17.2 Å². The zero-order chi connectivity index (χ0) is 19.6. The largest absolute Gasteiger partial charge is 0.497 e. The van der Waals surface area contributed by atoms with Crippen LogP contribution in [0.2, 0.25) is 0 Å². The molecule has 1 atom stereocenters. The van der Waals surface area contributed by atoms with Crippen LogP contribution in [0.3, 0.4) is 0 Å². The SMILES string of the molecule is COc1ccc2nc(N(CC3(C)CN=CN3)C(=O)Cc3ccccc3)sc2c1. The van der Waals surface area contributed by atoms with Gasteiger partial charge in [-0.3, -0.25) is 14.7 Å². The predicted molar refractivity (Wildman–Crippen MR) is 114 cm³/mol. The number of methoxy groups -OCH3 is 1. The molecule has 0 saturated carbocycles. The molecule has 0 spiro atoms. The van der Waals surface area contributed by atoms with Crippen LogP contribution in [-0.4, -0.2) is 43.0 Å². The van der Waals surface area contributed by atoms with Crippen molar-refractivity contribution in [2.75, 3.05) is 25.1 Å². The maximum atomic E-state index is 13.2. The fraction of sp³-hybridized carbons (Fsp3) is 0.286. The number of hydrogen-bond donors (Lipinski definition) is 1. The second-order valence-corrected chi connectivity index (χ2v) is 8.16. The second kappa shape index (κ2) is 7.59. The lowest BCUT2D eigenvalue weighted by Crippen LogP contribution is -2.52. The van der Waals surface area contributed by atoms with Crippen LogP contribution < -0.4 is 15.0 Å². The third-order valence-electron chi connectivity index (χ3n) is 4.77. The van der Waals surface area contributed by atoms with Gasteiger partial charge in [0.05, 0.1) is 48.7 Å². The minimum atomic E-state index is -0.304. The maximum Gasteiger partial charge on any atom is 0.233 e. The minimum Gasteiger partial charge on any atom is -0.497 e. The molecule has 6 nitrogen and oxygen atoms in total. The topological polar surface area (TPSA) is 66.8 Å². The molecule has 1 aromatic heterocycles. The molecule has 2 heterocycles. The van der Waals surface area contributed by atoms with E-state index in [9.17, 15) is 4.79 Å². The van der Waals surface area contributed by atoms with Crippen molar-refractivity contribution in [3.05, 3.63) is 54.1 Å². The third kappa shape index (κ3) is 3.84. The molecule has 144 valence electrons. The van der Waals surface area contributed by atoms with E-state index in [0.717, 1.165) is 21.5 Å². The molecule has 0 aliphatic carbocycles. The van der Waals surface area contributed by atoms with Gasteiger partial charge in [-0.05, 0) is 30.7 Å². The summed E-state index contributed by atoms with van der Waals surface area (Å²) in [6.07, 6.45) is 2.04. The molecule has 1 amide bonds. The molecule has 0 saturated heterocycles. The summed E-state index contributed by atoms with van der Waals surface area (Å²) in [6.45, 7) is 3.19. The van der Waals surface area contributed by atoms with E-state index < -0.39 is 0 Å². The summed E-state index contributed by atoms with van der Waals surface area (Å²) in [7, 11) is 1.64. The molecule has 3 aromatic rings. The average Bonchev–Trinajstić information content (AvgIpc) is 3.32. The molecule has 2 aromatic carbocycles. The molecule has 1 aliphatic heterocycles. The van der Waals surface area contributed by atoms with Crippen LogP contribution in [0.15, 0.2) is 53.5 Å². The van der Waals surface area contributed by atoms with Crippen molar-refractivity contribution in [3.63, 3.8) is 0 Å². The van der Waals surface area contributed by atoms with Gasteiger partial charge in [0, 0.05) is 0 Å². The van der Waals surface area contributed by atoms with Gasteiger partial charge in [0.15, 0.2) is 5.13 Å². The number of thiazole rings is 1. The van der Waals surface area contributed by atoms with Crippen molar-refractivity contribution in [2.45, 2.75) is 18.9 Å². The lowest BCUT2D eigenvalue weighted by molar-refractivity contribution is -0.118. The highest BCUT2D eigenvalue weighted by Crippen LogP contribution is 2.32. The van der Waals surface area contributed by atoms with Crippen LogP contribution in [0.25, 0.3) is 10.2 Å². The highest BCUT2D eigenvalue weighted by molar-refractivity contribution is 7.22. The van der Waals surface area contributed by atoms with Gasteiger partial charge in [-0.15, -0.1) is 0 Å². The van der Waals surface area contributed by atoms with Gasteiger partial charge >= 0.3 is 0 Å². The van der Waals surface area contributed by atoms with E-state index in [1.807, 2.05) is 48.5 Å². The molecule has 0 bridgehead atoms. The van der Waals surface area contributed by atoms with Crippen molar-refractivity contribution in [3.8, 4) is 5.75 Å². The number of aromatic nitrogens is 1. The van der Waals surface area contributed by atoms with Gasteiger partial charge in [0.1, 0.15) is 5.75 Å². The monoisotopic (exact) mass is 394 g/mol. The lowest BCUT2D eigenvalue weighted by Gasteiger charge is -2.30. The normalized spacial score (nSPS) is 18.2. The number of carbonyl (C=O) groups is 1. The van der Waals surface area contributed by atoms with Crippen molar-refractivity contribution in [2.24, 2.45) is 4.99 Å². The Hall–Kier alpha value is -2.93. The van der Waals surface area contributed by atoms with Crippen molar-refractivity contribution in [1.29, 1.82) is 0 Å². The van der Waals surface area contributed by atoms with E-state index in [4.69, 9.17) is 9.72 Å². The van der Waals surface area contributed by atoms with E-state index in [-0.39, 0.29) is 11.4 Å². The average molecular weight is 395 g/mol. The maximum absolute atomic E-state index is 13.2. The molecular weight excluding hydrogens is 372 g/mol. The fourth-order valence-electron chi connectivity index (χ4n) is 3.20. The van der Waals surface area contributed by atoms with Crippen LogP contribution in [0.1, 0.15) is 12.5 Å². The van der Waals surface area contributed by atoms with E-state index >= 15 is 0 Å². The lowest BCUT2D eigenvalue weighted by atomic mass is 10.0. The minimum absolute atomic E-state index is 0.0205. The smallest absolute Gasteiger partial charge is 0.233 e. The number of carbonyl (C=O) groups excluding carboxylic acids is 1.